The second-order valence-electron chi connectivity index (χ2n) is 7.34. The van der Waals surface area contributed by atoms with Crippen molar-refractivity contribution in [1.29, 1.82) is 0 Å². The number of hydrogen-bond acceptors (Lipinski definition) is 2. The molecule has 1 aromatic carbocycles. The summed E-state index contributed by atoms with van der Waals surface area (Å²) in [6.07, 6.45) is 14.4. The van der Waals surface area contributed by atoms with Crippen LogP contribution in [0, 0.1) is 11.8 Å². The zero-order chi connectivity index (χ0) is 15.2. The standard InChI is InChI=1S/C20H31NO/c1-22-20-12-10-18(11-13-20)21-19-9-5-8-17(15-19)14-16-6-3-2-4-7-16/h10-13,16-17,19,21H,2-9,14-15H2,1H3/t17-,19-/m1/s1. The van der Waals surface area contributed by atoms with Crippen molar-refractivity contribution >= 4 is 5.69 Å². The van der Waals surface area contributed by atoms with E-state index in [1.807, 2.05) is 12.1 Å². The monoisotopic (exact) mass is 301 g/mol. The Morgan fingerprint density at radius 2 is 1.64 bits per heavy atom. The van der Waals surface area contributed by atoms with Crippen molar-refractivity contribution in [3.63, 3.8) is 0 Å². The molecule has 0 aliphatic heterocycles. The Morgan fingerprint density at radius 3 is 2.36 bits per heavy atom. The largest absolute Gasteiger partial charge is 0.497 e. The van der Waals surface area contributed by atoms with Gasteiger partial charge in [0.1, 0.15) is 5.75 Å². The molecule has 1 N–H and O–H groups in total. The van der Waals surface area contributed by atoms with Gasteiger partial charge in [-0.3, -0.25) is 0 Å². The first-order valence-corrected chi connectivity index (χ1v) is 9.24. The lowest BCUT2D eigenvalue weighted by atomic mass is 9.76. The molecular formula is C20H31NO. The van der Waals surface area contributed by atoms with Crippen LogP contribution in [0.2, 0.25) is 0 Å². The number of hydrogen-bond donors (Lipinski definition) is 1. The lowest BCUT2D eigenvalue weighted by molar-refractivity contribution is 0.236. The first-order chi connectivity index (χ1) is 10.8. The quantitative estimate of drug-likeness (QED) is 0.760. The predicted molar refractivity (Wildman–Crippen MR) is 93.6 cm³/mol. The van der Waals surface area contributed by atoms with Gasteiger partial charge in [0.15, 0.2) is 0 Å². The fourth-order valence-electron chi connectivity index (χ4n) is 4.45. The summed E-state index contributed by atoms with van der Waals surface area (Å²) in [4.78, 5) is 0. The molecule has 2 heteroatoms. The lowest BCUT2D eigenvalue weighted by Gasteiger charge is -2.33. The second-order valence-corrected chi connectivity index (χ2v) is 7.34. The highest BCUT2D eigenvalue weighted by Crippen LogP contribution is 2.36. The number of rotatable bonds is 5. The van der Waals surface area contributed by atoms with Crippen LogP contribution in [0.4, 0.5) is 5.69 Å². The van der Waals surface area contributed by atoms with E-state index in [2.05, 4.69) is 17.4 Å². The van der Waals surface area contributed by atoms with Crippen molar-refractivity contribution in [3.05, 3.63) is 24.3 Å². The topological polar surface area (TPSA) is 21.3 Å². The van der Waals surface area contributed by atoms with Crippen LogP contribution < -0.4 is 10.1 Å². The van der Waals surface area contributed by atoms with Gasteiger partial charge in [0.05, 0.1) is 7.11 Å². The second kappa shape index (κ2) is 7.89. The molecule has 2 nitrogen and oxygen atoms in total. The average Bonchev–Trinajstić information content (AvgIpc) is 2.57. The molecule has 122 valence electrons. The third kappa shape index (κ3) is 4.41. The van der Waals surface area contributed by atoms with E-state index in [9.17, 15) is 0 Å². The summed E-state index contributed by atoms with van der Waals surface area (Å²) in [7, 11) is 1.72. The molecule has 0 unspecified atom stereocenters. The molecule has 0 aromatic heterocycles. The van der Waals surface area contributed by atoms with Crippen molar-refractivity contribution in [2.75, 3.05) is 12.4 Å². The van der Waals surface area contributed by atoms with Crippen LogP contribution in [-0.2, 0) is 0 Å². The Morgan fingerprint density at radius 1 is 0.909 bits per heavy atom. The maximum atomic E-state index is 5.23. The Kier molecular flexibility index (Phi) is 5.64. The highest BCUT2D eigenvalue weighted by atomic mass is 16.5. The minimum Gasteiger partial charge on any atom is -0.497 e. The van der Waals surface area contributed by atoms with Crippen molar-refractivity contribution in [3.8, 4) is 5.75 Å². The molecule has 1 aromatic rings. The molecule has 0 amide bonds. The van der Waals surface area contributed by atoms with Crippen LogP contribution in [0.3, 0.4) is 0 Å². The van der Waals surface area contributed by atoms with E-state index in [0.29, 0.717) is 6.04 Å². The summed E-state index contributed by atoms with van der Waals surface area (Å²) in [5.74, 6) is 2.91. The highest BCUT2D eigenvalue weighted by Gasteiger charge is 2.25. The summed E-state index contributed by atoms with van der Waals surface area (Å²) in [6, 6.07) is 9.04. The smallest absolute Gasteiger partial charge is 0.119 e. The number of ether oxygens (including phenoxy) is 1. The maximum Gasteiger partial charge on any atom is 0.119 e. The van der Waals surface area contributed by atoms with Gasteiger partial charge in [-0.05, 0) is 55.4 Å². The molecule has 2 atom stereocenters. The van der Waals surface area contributed by atoms with Crippen LogP contribution in [-0.4, -0.2) is 13.2 Å². The van der Waals surface area contributed by atoms with E-state index in [4.69, 9.17) is 4.74 Å². The molecule has 0 saturated heterocycles. The van der Waals surface area contributed by atoms with E-state index in [0.717, 1.165) is 17.6 Å². The van der Waals surface area contributed by atoms with Gasteiger partial charge in [-0.2, -0.15) is 0 Å². The van der Waals surface area contributed by atoms with Crippen LogP contribution >= 0.6 is 0 Å². The highest BCUT2D eigenvalue weighted by molar-refractivity contribution is 5.47. The summed E-state index contributed by atoms with van der Waals surface area (Å²) in [5, 5.41) is 3.74. The Bertz CT molecular complexity index is 436. The fourth-order valence-corrected chi connectivity index (χ4v) is 4.45. The van der Waals surface area contributed by atoms with Crippen molar-refractivity contribution in [2.45, 2.75) is 70.3 Å². The van der Waals surface area contributed by atoms with Gasteiger partial charge in [-0.1, -0.05) is 44.9 Å². The molecule has 2 aliphatic rings. The summed E-state index contributed by atoms with van der Waals surface area (Å²) < 4.78 is 5.23. The van der Waals surface area contributed by atoms with Crippen molar-refractivity contribution < 1.29 is 4.74 Å². The SMILES string of the molecule is COc1ccc(N[C@@H]2CCC[C@H](CC3CCCCC3)C2)cc1. The van der Waals surface area contributed by atoms with Crippen LogP contribution in [0.1, 0.15) is 64.2 Å². The van der Waals surface area contributed by atoms with Gasteiger partial charge in [0.2, 0.25) is 0 Å². The Hall–Kier alpha value is -1.18. The van der Waals surface area contributed by atoms with Gasteiger partial charge in [-0.25, -0.2) is 0 Å². The number of nitrogens with one attached hydrogen (secondary N) is 1. The molecule has 0 spiro atoms. The predicted octanol–water partition coefficient (Wildman–Crippen LogP) is 5.64. The number of methoxy groups -OCH3 is 1. The zero-order valence-corrected chi connectivity index (χ0v) is 14.0. The molecule has 0 radical (unpaired) electrons. The molecule has 2 fully saturated rings. The van der Waals surface area contributed by atoms with Crippen LogP contribution in [0.5, 0.6) is 5.75 Å². The molecular weight excluding hydrogens is 270 g/mol. The first kappa shape index (κ1) is 15.7. The molecule has 0 heterocycles. The average molecular weight is 301 g/mol. The van der Waals surface area contributed by atoms with Crippen molar-refractivity contribution in [2.24, 2.45) is 11.8 Å². The Labute approximate surface area is 135 Å². The van der Waals surface area contributed by atoms with Gasteiger partial charge in [0.25, 0.3) is 0 Å². The van der Waals surface area contributed by atoms with E-state index >= 15 is 0 Å². The third-order valence-corrected chi connectivity index (χ3v) is 5.64. The normalized spacial score (nSPS) is 26.6. The van der Waals surface area contributed by atoms with Gasteiger partial charge in [-0.15, -0.1) is 0 Å². The lowest BCUT2D eigenvalue weighted by Crippen LogP contribution is -2.28. The van der Waals surface area contributed by atoms with E-state index in [-0.39, 0.29) is 0 Å². The molecule has 0 bridgehead atoms. The van der Waals surface area contributed by atoms with E-state index in [1.165, 1.54) is 69.9 Å². The maximum absolute atomic E-state index is 5.23. The minimum absolute atomic E-state index is 0.663. The van der Waals surface area contributed by atoms with Crippen LogP contribution in [0.15, 0.2) is 24.3 Å². The third-order valence-electron chi connectivity index (χ3n) is 5.64. The minimum atomic E-state index is 0.663. The molecule has 2 aliphatic carbocycles. The molecule has 22 heavy (non-hydrogen) atoms. The van der Waals surface area contributed by atoms with Crippen LogP contribution in [0.25, 0.3) is 0 Å². The molecule has 3 rings (SSSR count). The fraction of sp³-hybridized carbons (Fsp3) is 0.700. The summed E-state index contributed by atoms with van der Waals surface area (Å²) in [6.45, 7) is 0. The first-order valence-electron chi connectivity index (χ1n) is 9.24. The van der Waals surface area contributed by atoms with Gasteiger partial charge >= 0.3 is 0 Å². The molecule has 2 saturated carbocycles. The zero-order valence-electron chi connectivity index (χ0n) is 14.0. The van der Waals surface area contributed by atoms with E-state index in [1.54, 1.807) is 7.11 Å². The Balaban J connectivity index is 1.49. The van der Waals surface area contributed by atoms with Gasteiger partial charge in [0, 0.05) is 11.7 Å². The number of anilines is 1. The van der Waals surface area contributed by atoms with E-state index < -0.39 is 0 Å². The number of benzene rings is 1. The van der Waals surface area contributed by atoms with Gasteiger partial charge < -0.3 is 10.1 Å². The summed E-state index contributed by atoms with van der Waals surface area (Å²) in [5.41, 5.74) is 1.24. The van der Waals surface area contributed by atoms with Crippen molar-refractivity contribution in [1.82, 2.24) is 0 Å². The summed E-state index contributed by atoms with van der Waals surface area (Å²) >= 11 is 0.